The van der Waals surface area contributed by atoms with E-state index in [0.717, 1.165) is 75.7 Å². The summed E-state index contributed by atoms with van der Waals surface area (Å²) >= 11 is 0. The largest absolute Gasteiger partial charge is 4.00 e. The number of aryl methyl sites for hydroxylation is 2. The molecule has 0 amide bonds. The van der Waals surface area contributed by atoms with Gasteiger partial charge in [-0.3, -0.25) is 0 Å². The van der Waals surface area contributed by atoms with Crippen molar-refractivity contribution in [3.8, 4) is 0 Å². The zero-order chi connectivity index (χ0) is 32.5. The fourth-order valence-corrected chi connectivity index (χ4v) is 7.32. The Labute approximate surface area is 295 Å². The Morgan fingerprint density at radius 2 is 0.755 bits per heavy atom. The Morgan fingerprint density at radius 1 is 0.408 bits per heavy atom. The second-order valence-electron chi connectivity index (χ2n) is 12.4. The molecule has 0 aliphatic rings. The Bertz CT molecular complexity index is 2870. The quantitative estimate of drug-likeness (QED) is 0.143. The van der Waals surface area contributed by atoms with Crippen LogP contribution in [0.3, 0.4) is 0 Å². The van der Waals surface area contributed by atoms with Crippen LogP contribution in [0.2, 0.25) is 0 Å². The van der Waals surface area contributed by atoms with Crippen LogP contribution in [-0.4, -0.2) is 9.13 Å². The smallest absolute Gasteiger partial charge is 0.349 e. The molecule has 0 spiro atoms. The summed E-state index contributed by atoms with van der Waals surface area (Å²) in [5.74, 6) is 0. The van der Waals surface area contributed by atoms with Crippen molar-refractivity contribution in [1.82, 2.24) is 9.13 Å². The van der Waals surface area contributed by atoms with Crippen LogP contribution in [0.4, 0.5) is 0 Å². The number of nitrogens with zero attached hydrogens (tertiary/aromatic N) is 2. The van der Waals surface area contributed by atoms with Gasteiger partial charge in [-0.1, -0.05) is 164 Å². The van der Waals surface area contributed by atoms with Crippen molar-refractivity contribution in [3.05, 3.63) is 166 Å². The van der Waals surface area contributed by atoms with Crippen LogP contribution in [0.1, 0.15) is 0 Å². The van der Waals surface area contributed by atoms with Gasteiger partial charge in [-0.25, -0.2) is 0 Å². The van der Waals surface area contributed by atoms with Crippen LogP contribution in [0.15, 0.2) is 143 Å². The minimum atomic E-state index is -0.171. The van der Waals surface area contributed by atoms with E-state index >= 15 is 0 Å². The van der Waals surface area contributed by atoms with Gasteiger partial charge in [-0.15, -0.1) is 35.0 Å². The molecule has 4 nitrogen and oxygen atoms in total. The van der Waals surface area contributed by atoms with E-state index in [2.05, 4.69) is 48.5 Å². The second kappa shape index (κ2) is 11.8. The van der Waals surface area contributed by atoms with Gasteiger partial charge in [0.15, 0.2) is 11.1 Å². The van der Waals surface area contributed by atoms with E-state index in [4.69, 9.17) is 0 Å². The van der Waals surface area contributed by atoms with E-state index < -0.39 is 0 Å². The van der Waals surface area contributed by atoms with Crippen molar-refractivity contribution in [2.45, 2.75) is 0 Å². The summed E-state index contributed by atoms with van der Waals surface area (Å²) in [6, 6.07) is 51.5. The van der Waals surface area contributed by atoms with E-state index in [0.29, 0.717) is 10.8 Å². The van der Waals surface area contributed by atoms with Crippen molar-refractivity contribution >= 4 is 86.4 Å². The first-order chi connectivity index (χ1) is 23.5. The molecule has 234 valence electrons. The summed E-state index contributed by atoms with van der Waals surface area (Å²) in [5, 5.41) is 11.4. The SMILES string of the molecule is Cn1c(=O)c2[c-]c(cc3ccccc32)c2ccc3ccccc3c2n(C)c(=O)c2[c-]c(cc3ccccc32)c2ccc3ccccc3c21.[Pt+4]. The molecule has 0 fully saturated rings. The number of hydrogen-bond donors (Lipinski definition) is 0. The van der Waals surface area contributed by atoms with Crippen LogP contribution >= 0.6 is 0 Å². The van der Waals surface area contributed by atoms with E-state index in [-0.39, 0.29) is 32.2 Å². The Hall–Kier alpha value is -5.57. The normalized spacial score (nSPS) is 11.5. The predicted octanol–water partition coefficient (Wildman–Crippen LogP) is 9.59. The monoisotopic (exact) mass is 811 g/mol. The molecule has 0 N–H and O–H groups in total. The van der Waals surface area contributed by atoms with Gasteiger partial charge in [0.1, 0.15) is 0 Å². The second-order valence-corrected chi connectivity index (χ2v) is 12.4. The van der Waals surface area contributed by atoms with Crippen LogP contribution in [-0.2, 0) is 35.2 Å². The van der Waals surface area contributed by atoms with Crippen LogP contribution in [0, 0.1) is 12.1 Å². The van der Waals surface area contributed by atoms with Crippen molar-refractivity contribution in [1.29, 1.82) is 0 Å². The third-order valence-corrected chi connectivity index (χ3v) is 9.67. The fraction of sp³-hybridized carbons (Fsp3) is 0.0455. The summed E-state index contributed by atoms with van der Waals surface area (Å²) in [4.78, 5) is 29.8. The number of benzene rings is 8. The molecular formula is C44H28N2O2Pt+2. The number of hydrogen-bond acceptors (Lipinski definition) is 2. The minimum absolute atomic E-state index is 0. The van der Waals surface area contributed by atoms with Gasteiger partial charge in [0.2, 0.25) is 0 Å². The van der Waals surface area contributed by atoms with Crippen molar-refractivity contribution in [3.63, 3.8) is 0 Å². The van der Waals surface area contributed by atoms with Gasteiger partial charge in [0, 0.05) is 25.1 Å². The molecule has 5 heteroatoms. The molecule has 0 saturated carbocycles. The molecule has 9 rings (SSSR count). The Kier molecular flexibility index (Phi) is 7.43. The van der Waals surface area contributed by atoms with Crippen LogP contribution in [0.5, 0.6) is 0 Å². The maximum absolute atomic E-state index is 14.9. The molecule has 0 atom stereocenters. The third-order valence-electron chi connectivity index (χ3n) is 9.67. The van der Waals surface area contributed by atoms with E-state index in [1.54, 1.807) is 9.13 Å². The molecule has 0 aliphatic heterocycles. The van der Waals surface area contributed by atoms with Gasteiger partial charge in [0.25, 0.3) is 0 Å². The minimum Gasteiger partial charge on any atom is -0.349 e. The molecule has 8 aromatic carbocycles. The zero-order valence-electron chi connectivity index (χ0n) is 26.7. The standard InChI is InChI=1S/C44H28N2O2.Pt/c1-45-41-35-17-9-3-11-27(35)19-21-37(41)31-23-30-14-6-8-16-34(30)40(26-31)44(48)46(2)42-36-18-10-4-12-28(36)20-22-38(42)32-24-29-13-5-7-15-33(29)39(25-32)43(45)47;/h3-24H,1-2H3;/q-2;+4. The van der Waals surface area contributed by atoms with Gasteiger partial charge in [-0.2, -0.15) is 0 Å². The first-order valence-electron chi connectivity index (χ1n) is 16.0. The predicted molar refractivity (Wildman–Crippen MR) is 201 cm³/mol. The van der Waals surface area contributed by atoms with Crippen LogP contribution < -0.4 is 11.1 Å². The summed E-state index contributed by atoms with van der Waals surface area (Å²) in [7, 11) is 3.66. The van der Waals surface area contributed by atoms with Crippen molar-refractivity contribution < 1.29 is 21.1 Å². The Balaban J connectivity index is 0.00000348. The van der Waals surface area contributed by atoms with E-state index in [1.807, 2.05) is 111 Å². The molecule has 0 aliphatic carbocycles. The molecule has 1 aromatic heterocycles. The molecule has 9 aromatic rings. The van der Waals surface area contributed by atoms with Crippen LogP contribution in [0.25, 0.3) is 86.4 Å². The topological polar surface area (TPSA) is 44.0 Å². The molecule has 0 unspecified atom stereocenters. The molecular weight excluding hydrogens is 784 g/mol. The maximum Gasteiger partial charge on any atom is 4.00 e. The van der Waals surface area contributed by atoms with Gasteiger partial charge >= 0.3 is 21.1 Å². The zero-order valence-corrected chi connectivity index (χ0v) is 29.0. The summed E-state index contributed by atoms with van der Waals surface area (Å²) in [5.41, 5.74) is 1.16. The molecule has 0 radical (unpaired) electrons. The molecule has 0 saturated heterocycles. The van der Waals surface area contributed by atoms with Crippen molar-refractivity contribution in [2.24, 2.45) is 14.1 Å². The molecule has 49 heavy (non-hydrogen) atoms. The molecule has 1 heterocycles. The first-order valence-corrected chi connectivity index (χ1v) is 16.0. The first kappa shape index (κ1) is 30.7. The maximum atomic E-state index is 14.9. The number of fused-ring (bicyclic) bond motifs is 16. The van der Waals surface area contributed by atoms with E-state index in [1.165, 1.54) is 0 Å². The summed E-state index contributed by atoms with van der Waals surface area (Å²) < 4.78 is 3.48. The van der Waals surface area contributed by atoms with Gasteiger partial charge < -0.3 is 18.7 Å². The average Bonchev–Trinajstić information content (AvgIpc) is 3.14. The summed E-state index contributed by atoms with van der Waals surface area (Å²) in [6.45, 7) is 0. The van der Waals surface area contributed by atoms with Gasteiger partial charge in [0.05, 0.1) is 0 Å². The average molecular weight is 812 g/mol. The third kappa shape index (κ3) is 4.78. The molecule has 4 bridgehead atoms. The Morgan fingerprint density at radius 3 is 1.16 bits per heavy atom. The number of rotatable bonds is 0. The van der Waals surface area contributed by atoms with Gasteiger partial charge in [-0.05, 0) is 21.5 Å². The fourth-order valence-electron chi connectivity index (χ4n) is 7.32. The van der Waals surface area contributed by atoms with E-state index in [9.17, 15) is 9.59 Å². The summed E-state index contributed by atoms with van der Waals surface area (Å²) in [6.07, 6.45) is 0. The number of aromatic nitrogens is 2. The van der Waals surface area contributed by atoms with Crippen molar-refractivity contribution in [2.75, 3.05) is 0 Å².